The summed E-state index contributed by atoms with van der Waals surface area (Å²) in [4.78, 5) is 8.92. The molecule has 4 aromatic rings. The number of hydrogen-bond acceptors (Lipinski definition) is 3. The van der Waals surface area contributed by atoms with E-state index >= 15 is 0 Å². The maximum atomic E-state index is 9.83. The van der Waals surface area contributed by atoms with Crippen molar-refractivity contribution in [2.75, 3.05) is 0 Å². The van der Waals surface area contributed by atoms with Crippen LogP contribution in [-0.4, -0.2) is 19.5 Å². The van der Waals surface area contributed by atoms with Gasteiger partial charge in [-0.1, -0.05) is 24.3 Å². The van der Waals surface area contributed by atoms with E-state index in [0.29, 0.717) is 5.65 Å². The lowest BCUT2D eigenvalue weighted by atomic mass is 10.1. The molecule has 0 fully saturated rings. The molecule has 0 aliphatic heterocycles. The summed E-state index contributed by atoms with van der Waals surface area (Å²) < 4.78 is 1.80. The van der Waals surface area contributed by atoms with Gasteiger partial charge in [0.25, 0.3) is 0 Å². The molecule has 1 N–H and O–H groups in total. The number of benzene rings is 1. The van der Waals surface area contributed by atoms with Gasteiger partial charge in [0.05, 0.1) is 0 Å². The Balaban J connectivity index is 2.33. The summed E-state index contributed by atoms with van der Waals surface area (Å²) in [6.45, 7) is 0. The lowest BCUT2D eigenvalue weighted by molar-refractivity contribution is 0.478. The second kappa shape index (κ2) is 3.20. The molecule has 86 valence electrons. The summed E-state index contributed by atoms with van der Waals surface area (Å²) in [7, 11) is 0. The van der Waals surface area contributed by atoms with Gasteiger partial charge >= 0.3 is 0 Å². The molecule has 0 bridgehead atoms. The summed E-state index contributed by atoms with van der Waals surface area (Å²) >= 11 is 0. The van der Waals surface area contributed by atoms with E-state index in [1.165, 1.54) is 0 Å². The first-order chi connectivity index (χ1) is 8.84. The number of pyridine rings is 2. The Morgan fingerprint density at radius 1 is 1.00 bits per heavy atom. The molecule has 0 spiro atoms. The topological polar surface area (TPSA) is 50.4 Å². The molecule has 0 atom stereocenters. The molecule has 0 saturated heterocycles. The average molecular weight is 235 g/mol. The fourth-order valence-corrected chi connectivity index (χ4v) is 2.30. The van der Waals surface area contributed by atoms with Crippen LogP contribution >= 0.6 is 0 Å². The molecule has 0 amide bonds. The Kier molecular flexibility index (Phi) is 1.67. The van der Waals surface area contributed by atoms with Crippen molar-refractivity contribution in [3.05, 3.63) is 48.8 Å². The molecule has 4 nitrogen and oxygen atoms in total. The molecule has 0 unspecified atom stereocenters. The van der Waals surface area contributed by atoms with Crippen LogP contribution in [0.4, 0.5) is 0 Å². The molecule has 3 heterocycles. The fourth-order valence-electron chi connectivity index (χ4n) is 2.30. The predicted molar refractivity (Wildman–Crippen MR) is 69.7 cm³/mol. The first kappa shape index (κ1) is 9.41. The van der Waals surface area contributed by atoms with E-state index in [2.05, 4.69) is 9.97 Å². The number of aromatic nitrogens is 3. The zero-order chi connectivity index (χ0) is 12.1. The normalized spacial score (nSPS) is 11.6. The Hall–Kier alpha value is -2.62. The molecule has 18 heavy (non-hydrogen) atoms. The average Bonchev–Trinajstić information content (AvgIpc) is 2.79. The van der Waals surface area contributed by atoms with Crippen LogP contribution in [0.25, 0.3) is 27.6 Å². The summed E-state index contributed by atoms with van der Waals surface area (Å²) in [5.41, 5.74) is 2.12. The van der Waals surface area contributed by atoms with Crippen molar-refractivity contribution in [1.29, 1.82) is 0 Å². The van der Waals surface area contributed by atoms with Crippen LogP contribution in [0.2, 0.25) is 0 Å². The molecule has 4 rings (SSSR count). The van der Waals surface area contributed by atoms with E-state index in [4.69, 9.17) is 0 Å². The fraction of sp³-hybridized carbons (Fsp3) is 0. The van der Waals surface area contributed by atoms with Crippen molar-refractivity contribution in [3.63, 3.8) is 0 Å². The molecule has 0 saturated carbocycles. The molecule has 0 radical (unpaired) electrons. The van der Waals surface area contributed by atoms with Crippen molar-refractivity contribution in [3.8, 4) is 5.75 Å². The lowest BCUT2D eigenvalue weighted by Gasteiger charge is -1.97. The third-order valence-corrected chi connectivity index (χ3v) is 3.15. The van der Waals surface area contributed by atoms with Crippen LogP contribution in [-0.2, 0) is 0 Å². The van der Waals surface area contributed by atoms with E-state index in [1.807, 2.05) is 36.7 Å². The van der Waals surface area contributed by atoms with Crippen LogP contribution < -0.4 is 0 Å². The third kappa shape index (κ3) is 1.09. The summed E-state index contributed by atoms with van der Waals surface area (Å²) in [5.74, 6) is 0.166. The third-order valence-electron chi connectivity index (χ3n) is 3.15. The second-order valence-corrected chi connectivity index (χ2v) is 4.22. The highest BCUT2D eigenvalue weighted by atomic mass is 16.3. The van der Waals surface area contributed by atoms with Gasteiger partial charge in [0.1, 0.15) is 5.52 Å². The highest BCUT2D eigenvalue weighted by Crippen LogP contribution is 2.26. The first-order valence-electron chi connectivity index (χ1n) is 5.68. The minimum Gasteiger partial charge on any atom is -0.504 e. The molecule has 3 aromatic heterocycles. The van der Waals surface area contributed by atoms with Crippen LogP contribution in [0.15, 0.2) is 48.8 Å². The van der Waals surface area contributed by atoms with Crippen molar-refractivity contribution in [2.45, 2.75) is 0 Å². The van der Waals surface area contributed by atoms with Gasteiger partial charge in [0.15, 0.2) is 17.0 Å². The number of rotatable bonds is 0. The Morgan fingerprint density at radius 2 is 1.89 bits per heavy atom. The Labute approximate surface area is 102 Å². The van der Waals surface area contributed by atoms with Crippen molar-refractivity contribution in [1.82, 2.24) is 14.4 Å². The Morgan fingerprint density at radius 3 is 2.83 bits per heavy atom. The summed E-state index contributed by atoms with van der Waals surface area (Å²) in [5, 5.41) is 11.9. The number of imidazole rings is 1. The van der Waals surface area contributed by atoms with Gasteiger partial charge in [-0.05, 0) is 12.1 Å². The standard InChI is InChI=1S/C14H9N3O/c18-11-6-3-7-17-13(11)16-12-10-5-2-1-4-9(10)8-15-14(12)17/h1-8,18H. The first-order valence-corrected chi connectivity index (χ1v) is 5.68. The zero-order valence-corrected chi connectivity index (χ0v) is 9.41. The van der Waals surface area contributed by atoms with Gasteiger partial charge in [0, 0.05) is 23.2 Å². The van der Waals surface area contributed by atoms with Crippen LogP contribution in [0.3, 0.4) is 0 Å². The Bertz CT molecular complexity index is 895. The minimum atomic E-state index is 0.166. The SMILES string of the molecule is Oc1cccn2c1nc1c3ccccc3cnc12. The van der Waals surface area contributed by atoms with E-state index in [9.17, 15) is 5.11 Å². The van der Waals surface area contributed by atoms with Crippen molar-refractivity contribution >= 4 is 27.6 Å². The molecular formula is C14H9N3O. The van der Waals surface area contributed by atoms with Crippen LogP contribution in [0.1, 0.15) is 0 Å². The molecule has 4 heteroatoms. The van der Waals surface area contributed by atoms with E-state index in [1.54, 1.807) is 16.5 Å². The monoisotopic (exact) mass is 235 g/mol. The van der Waals surface area contributed by atoms with E-state index in [0.717, 1.165) is 21.9 Å². The number of fused-ring (bicyclic) bond motifs is 5. The number of nitrogens with zero attached hydrogens (tertiary/aromatic N) is 3. The summed E-state index contributed by atoms with van der Waals surface area (Å²) in [6.07, 6.45) is 3.68. The number of aromatic hydroxyl groups is 1. The van der Waals surface area contributed by atoms with Gasteiger partial charge in [-0.3, -0.25) is 4.40 Å². The maximum Gasteiger partial charge on any atom is 0.181 e. The highest BCUT2D eigenvalue weighted by molar-refractivity contribution is 6.03. The van der Waals surface area contributed by atoms with Crippen molar-refractivity contribution < 1.29 is 5.11 Å². The summed E-state index contributed by atoms with van der Waals surface area (Å²) in [6, 6.07) is 11.4. The predicted octanol–water partition coefficient (Wildman–Crippen LogP) is 2.74. The van der Waals surface area contributed by atoms with Gasteiger partial charge in [-0.15, -0.1) is 0 Å². The highest BCUT2D eigenvalue weighted by Gasteiger charge is 2.11. The van der Waals surface area contributed by atoms with Crippen LogP contribution in [0, 0.1) is 0 Å². The minimum absolute atomic E-state index is 0.166. The van der Waals surface area contributed by atoms with Gasteiger partial charge < -0.3 is 5.11 Å². The lowest BCUT2D eigenvalue weighted by Crippen LogP contribution is -1.86. The van der Waals surface area contributed by atoms with Crippen LogP contribution in [0.5, 0.6) is 5.75 Å². The molecule has 0 aliphatic rings. The van der Waals surface area contributed by atoms with E-state index < -0.39 is 0 Å². The van der Waals surface area contributed by atoms with Crippen molar-refractivity contribution in [2.24, 2.45) is 0 Å². The smallest absolute Gasteiger partial charge is 0.181 e. The van der Waals surface area contributed by atoms with Gasteiger partial charge in [-0.25, -0.2) is 9.97 Å². The van der Waals surface area contributed by atoms with E-state index in [-0.39, 0.29) is 5.75 Å². The molecular weight excluding hydrogens is 226 g/mol. The largest absolute Gasteiger partial charge is 0.504 e. The maximum absolute atomic E-state index is 9.83. The van der Waals surface area contributed by atoms with Gasteiger partial charge in [-0.2, -0.15) is 0 Å². The van der Waals surface area contributed by atoms with Gasteiger partial charge in [0.2, 0.25) is 0 Å². The molecule has 1 aromatic carbocycles. The molecule has 0 aliphatic carbocycles. The second-order valence-electron chi connectivity index (χ2n) is 4.22. The number of hydrogen-bond donors (Lipinski definition) is 1. The zero-order valence-electron chi connectivity index (χ0n) is 9.41. The quantitative estimate of drug-likeness (QED) is 0.510.